The molecule has 0 radical (unpaired) electrons. The third-order valence-electron chi connectivity index (χ3n) is 4.04. The van der Waals surface area contributed by atoms with Crippen LogP contribution in [0.25, 0.3) is 0 Å². The molecule has 0 bridgehead atoms. The molecule has 1 unspecified atom stereocenters. The van der Waals surface area contributed by atoms with Crippen LogP contribution in [0.3, 0.4) is 0 Å². The number of ether oxygens (including phenoxy) is 1. The first-order valence-corrected chi connectivity index (χ1v) is 8.47. The predicted molar refractivity (Wildman–Crippen MR) is 89.5 cm³/mol. The minimum atomic E-state index is -0.499. The van der Waals surface area contributed by atoms with Crippen molar-refractivity contribution in [3.05, 3.63) is 34.6 Å². The molecule has 1 heterocycles. The van der Waals surface area contributed by atoms with Crippen LogP contribution in [0.15, 0.2) is 18.2 Å². The van der Waals surface area contributed by atoms with Crippen molar-refractivity contribution in [2.24, 2.45) is 5.92 Å². The third kappa shape index (κ3) is 5.18. The molecule has 1 fully saturated rings. The maximum Gasteiger partial charge on any atom is 0.252 e. The molecule has 2 amide bonds. The van der Waals surface area contributed by atoms with E-state index >= 15 is 0 Å². The Bertz CT molecular complexity index is 591. The molecule has 24 heavy (non-hydrogen) atoms. The van der Waals surface area contributed by atoms with E-state index in [1.54, 1.807) is 4.90 Å². The first-order valence-electron chi connectivity index (χ1n) is 8.10. The van der Waals surface area contributed by atoms with E-state index in [1.807, 2.05) is 6.92 Å². The van der Waals surface area contributed by atoms with Crippen LogP contribution >= 0.6 is 11.6 Å². The van der Waals surface area contributed by atoms with Crippen LogP contribution in [-0.4, -0.2) is 49.6 Å². The highest BCUT2D eigenvalue weighted by molar-refractivity contribution is 6.33. The van der Waals surface area contributed by atoms with Crippen molar-refractivity contribution in [1.82, 2.24) is 10.2 Å². The second-order valence-electron chi connectivity index (χ2n) is 5.79. The number of hydrogen-bond donors (Lipinski definition) is 1. The van der Waals surface area contributed by atoms with E-state index < -0.39 is 11.7 Å². The van der Waals surface area contributed by atoms with Gasteiger partial charge in [0.25, 0.3) is 5.91 Å². The van der Waals surface area contributed by atoms with Gasteiger partial charge in [0.05, 0.1) is 17.2 Å². The molecule has 7 heteroatoms. The van der Waals surface area contributed by atoms with Crippen LogP contribution in [0.2, 0.25) is 5.02 Å². The minimum absolute atomic E-state index is 0.00472. The van der Waals surface area contributed by atoms with E-state index in [1.165, 1.54) is 12.1 Å². The first kappa shape index (κ1) is 18.7. The maximum absolute atomic E-state index is 13.0. The van der Waals surface area contributed by atoms with Gasteiger partial charge in [0.1, 0.15) is 5.82 Å². The molecule has 132 valence electrons. The summed E-state index contributed by atoms with van der Waals surface area (Å²) in [7, 11) is 0. The molecule has 1 atom stereocenters. The van der Waals surface area contributed by atoms with Crippen LogP contribution in [0.5, 0.6) is 0 Å². The summed E-state index contributed by atoms with van der Waals surface area (Å²) < 4.78 is 18.3. The predicted octanol–water partition coefficient (Wildman–Crippen LogP) is 2.48. The minimum Gasteiger partial charge on any atom is -0.381 e. The monoisotopic (exact) mass is 356 g/mol. The summed E-state index contributed by atoms with van der Waals surface area (Å²) in [6.45, 7) is 4.92. The molecule has 1 saturated heterocycles. The van der Waals surface area contributed by atoms with Gasteiger partial charge in [0.15, 0.2) is 0 Å². The van der Waals surface area contributed by atoms with Crippen LogP contribution in [0, 0.1) is 11.7 Å². The number of rotatable bonds is 7. The standard InChI is InChI=1S/C17H22ClFN2O3/c1-2-21(10-12-6-8-24-11-12)16(22)5-7-20-17(23)14-4-3-13(19)9-15(14)18/h3-4,9,12H,2,5-8,10-11H2,1H3,(H,20,23). The molecule has 1 aromatic rings. The Morgan fingerprint density at radius 1 is 1.46 bits per heavy atom. The molecule has 0 saturated carbocycles. The fourth-order valence-electron chi connectivity index (χ4n) is 2.66. The largest absolute Gasteiger partial charge is 0.381 e. The quantitative estimate of drug-likeness (QED) is 0.816. The van der Waals surface area contributed by atoms with Crippen molar-refractivity contribution in [2.75, 3.05) is 32.8 Å². The Labute approximate surface area is 146 Å². The first-order chi connectivity index (χ1) is 11.5. The van der Waals surface area contributed by atoms with E-state index in [0.29, 0.717) is 25.6 Å². The van der Waals surface area contributed by atoms with Gasteiger partial charge in [-0.15, -0.1) is 0 Å². The molecule has 1 aromatic carbocycles. The van der Waals surface area contributed by atoms with Crippen LogP contribution in [0.1, 0.15) is 30.1 Å². The lowest BCUT2D eigenvalue weighted by atomic mass is 10.1. The number of carbonyl (C=O) groups excluding carboxylic acids is 2. The van der Waals surface area contributed by atoms with Gasteiger partial charge >= 0.3 is 0 Å². The van der Waals surface area contributed by atoms with Gasteiger partial charge in [-0.2, -0.15) is 0 Å². The molecule has 0 spiro atoms. The summed E-state index contributed by atoms with van der Waals surface area (Å²) >= 11 is 5.85. The van der Waals surface area contributed by atoms with Crippen molar-refractivity contribution in [3.63, 3.8) is 0 Å². The molecule has 5 nitrogen and oxygen atoms in total. The summed E-state index contributed by atoms with van der Waals surface area (Å²) in [5.74, 6) is -0.530. The molecule has 1 aliphatic rings. The number of benzene rings is 1. The lowest BCUT2D eigenvalue weighted by molar-refractivity contribution is -0.131. The highest BCUT2D eigenvalue weighted by Gasteiger charge is 2.21. The van der Waals surface area contributed by atoms with Gasteiger partial charge in [-0.25, -0.2) is 4.39 Å². The van der Waals surface area contributed by atoms with E-state index in [9.17, 15) is 14.0 Å². The summed E-state index contributed by atoms with van der Waals surface area (Å²) in [6, 6.07) is 3.59. The topological polar surface area (TPSA) is 58.6 Å². The molecular formula is C17H22ClFN2O3. The number of halogens is 2. The molecule has 0 aromatic heterocycles. The summed E-state index contributed by atoms with van der Waals surface area (Å²) in [6.07, 6.45) is 1.19. The zero-order chi connectivity index (χ0) is 17.5. The Balaban J connectivity index is 1.79. The van der Waals surface area contributed by atoms with E-state index in [4.69, 9.17) is 16.3 Å². The van der Waals surface area contributed by atoms with Gasteiger partial charge in [0.2, 0.25) is 5.91 Å². The molecule has 1 aliphatic heterocycles. The van der Waals surface area contributed by atoms with Crippen molar-refractivity contribution >= 4 is 23.4 Å². The highest BCUT2D eigenvalue weighted by atomic mass is 35.5. The zero-order valence-corrected chi connectivity index (χ0v) is 14.4. The van der Waals surface area contributed by atoms with Gasteiger partial charge in [-0.3, -0.25) is 9.59 Å². The molecule has 2 rings (SSSR count). The van der Waals surface area contributed by atoms with E-state index in [-0.39, 0.29) is 29.5 Å². The molecular weight excluding hydrogens is 335 g/mol. The average molecular weight is 357 g/mol. The third-order valence-corrected chi connectivity index (χ3v) is 4.35. The Morgan fingerprint density at radius 3 is 2.88 bits per heavy atom. The van der Waals surface area contributed by atoms with Gasteiger partial charge in [0, 0.05) is 38.6 Å². The number of nitrogens with one attached hydrogen (secondary N) is 1. The summed E-state index contributed by atoms with van der Waals surface area (Å²) in [5.41, 5.74) is 0.195. The summed E-state index contributed by atoms with van der Waals surface area (Å²) in [4.78, 5) is 26.1. The van der Waals surface area contributed by atoms with E-state index in [0.717, 1.165) is 19.1 Å². The lowest BCUT2D eigenvalue weighted by Gasteiger charge is -2.23. The van der Waals surface area contributed by atoms with Crippen molar-refractivity contribution in [1.29, 1.82) is 0 Å². The number of amides is 2. The van der Waals surface area contributed by atoms with Crippen molar-refractivity contribution in [2.45, 2.75) is 19.8 Å². The number of nitrogens with zero attached hydrogens (tertiary/aromatic N) is 1. The van der Waals surface area contributed by atoms with Crippen molar-refractivity contribution in [3.8, 4) is 0 Å². The average Bonchev–Trinajstić information content (AvgIpc) is 3.05. The van der Waals surface area contributed by atoms with Gasteiger partial charge in [-0.05, 0) is 31.5 Å². The molecule has 0 aliphatic carbocycles. The number of hydrogen-bond acceptors (Lipinski definition) is 3. The number of carbonyl (C=O) groups is 2. The van der Waals surface area contributed by atoms with Crippen LogP contribution < -0.4 is 5.32 Å². The van der Waals surface area contributed by atoms with Gasteiger partial charge in [-0.1, -0.05) is 11.6 Å². The fourth-order valence-corrected chi connectivity index (χ4v) is 2.91. The van der Waals surface area contributed by atoms with Crippen LogP contribution in [-0.2, 0) is 9.53 Å². The van der Waals surface area contributed by atoms with Gasteiger partial charge < -0.3 is 15.0 Å². The maximum atomic E-state index is 13.0. The van der Waals surface area contributed by atoms with Crippen molar-refractivity contribution < 1.29 is 18.7 Å². The Morgan fingerprint density at radius 2 is 2.25 bits per heavy atom. The van der Waals surface area contributed by atoms with Crippen LogP contribution in [0.4, 0.5) is 4.39 Å². The normalized spacial score (nSPS) is 16.9. The lowest BCUT2D eigenvalue weighted by Crippen LogP contribution is -2.37. The second kappa shape index (κ2) is 8.99. The Kier molecular flexibility index (Phi) is 6.99. The smallest absolute Gasteiger partial charge is 0.252 e. The highest BCUT2D eigenvalue weighted by Crippen LogP contribution is 2.17. The SMILES string of the molecule is CCN(CC1CCOC1)C(=O)CCNC(=O)c1ccc(F)cc1Cl. The summed E-state index contributed by atoms with van der Waals surface area (Å²) in [5, 5.41) is 2.70. The fraction of sp³-hybridized carbons (Fsp3) is 0.529. The van der Waals surface area contributed by atoms with E-state index in [2.05, 4.69) is 5.32 Å². The molecule has 1 N–H and O–H groups in total. The Hall–Kier alpha value is -1.66. The zero-order valence-electron chi connectivity index (χ0n) is 13.7. The second-order valence-corrected chi connectivity index (χ2v) is 6.20.